The van der Waals surface area contributed by atoms with Gasteiger partial charge in [-0.05, 0) is 42.7 Å². The fourth-order valence-corrected chi connectivity index (χ4v) is 2.85. The van der Waals surface area contributed by atoms with E-state index in [2.05, 4.69) is 41.2 Å². The predicted octanol–water partition coefficient (Wildman–Crippen LogP) is 3.18. The second kappa shape index (κ2) is 7.90. The second-order valence-corrected chi connectivity index (χ2v) is 5.91. The molecule has 4 nitrogen and oxygen atoms in total. The van der Waals surface area contributed by atoms with Crippen LogP contribution in [0.5, 0.6) is 0 Å². The van der Waals surface area contributed by atoms with Gasteiger partial charge < -0.3 is 10.8 Å². The van der Waals surface area contributed by atoms with E-state index in [1.54, 1.807) is 6.20 Å². The van der Waals surface area contributed by atoms with Gasteiger partial charge in [-0.25, -0.2) is 9.97 Å². The van der Waals surface area contributed by atoms with Gasteiger partial charge in [-0.3, -0.25) is 0 Å². The van der Waals surface area contributed by atoms with Crippen molar-refractivity contribution < 1.29 is 5.11 Å². The number of benzene rings is 1. The van der Waals surface area contributed by atoms with E-state index in [0.29, 0.717) is 11.9 Å². The Labute approximate surface area is 132 Å². The van der Waals surface area contributed by atoms with Gasteiger partial charge in [0.05, 0.1) is 6.10 Å². The number of hydrogen-bond acceptors (Lipinski definition) is 4. The van der Waals surface area contributed by atoms with E-state index in [0.717, 1.165) is 25.0 Å². The third-order valence-corrected chi connectivity index (χ3v) is 4.19. The quantitative estimate of drug-likeness (QED) is 0.823. The van der Waals surface area contributed by atoms with Gasteiger partial charge in [0.1, 0.15) is 0 Å². The molecule has 1 aromatic heterocycles. The zero-order valence-electron chi connectivity index (χ0n) is 13.3. The summed E-state index contributed by atoms with van der Waals surface area (Å²) in [5.74, 6) is 0.868. The predicted molar refractivity (Wildman–Crippen MR) is 89.4 cm³/mol. The monoisotopic (exact) mass is 299 g/mol. The molecule has 3 N–H and O–H groups in total. The van der Waals surface area contributed by atoms with Gasteiger partial charge in [-0.15, -0.1) is 0 Å². The van der Waals surface area contributed by atoms with Crippen molar-refractivity contribution >= 4 is 5.95 Å². The van der Waals surface area contributed by atoms with Crippen LogP contribution in [-0.2, 0) is 6.42 Å². The van der Waals surface area contributed by atoms with Crippen LogP contribution in [0.4, 0.5) is 5.95 Å². The molecular weight excluding hydrogens is 274 g/mol. The van der Waals surface area contributed by atoms with Gasteiger partial charge in [0, 0.05) is 11.9 Å². The number of aromatic nitrogens is 2. The van der Waals surface area contributed by atoms with Gasteiger partial charge >= 0.3 is 0 Å². The largest absolute Gasteiger partial charge is 0.393 e. The molecule has 22 heavy (non-hydrogen) atoms. The van der Waals surface area contributed by atoms with Crippen LogP contribution < -0.4 is 5.73 Å². The minimum Gasteiger partial charge on any atom is -0.393 e. The highest BCUT2D eigenvalue weighted by molar-refractivity contribution is 5.23. The molecule has 0 aliphatic heterocycles. The van der Waals surface area contributed by atoms with Crippen LogP contribution in [0.25, 0.3) is 0 Å². The van der Waals surface area contributed by atoms with Crippen molar-refractivity contribution in [3.05, 3.63) is 53.9 Å². The summed E-state index contributed by atoms with van der Waals surface area (Å²) in [7, 11) is 0. The lowest BCUT2D eigenvalue weighted by molar-refractivity contribution is 0.104. The number of hydrogen-bond donors (Lipinski definition) is 2. The zero-order chi connectivity index (χ0) is 15.9. The van der Waals surface area contributed by atoms with Crippen LogP contribution in [0.15, 0.2) is 42.6 Å². The topological polar surface area (TPSA) is 72.0 Å². The van der Waals surface area contributed by atoms with Gasteiger partial charge in [0.15, 0.2) is 0 Å². The minimum atomic E-state index is -0.262. The SMILES string of the molecule is CCC(O)C(C)CC(Cc1ccnc(N)n1)c1ccccc1. The molecule has 0 aliphatic rings. The summed E-state index contributed by atoms with van der Waals surface area (Å²) < 4.78 is 0. The number of nitrogens with two attached hydrogens (primary N) is 1. The number of nitrogen functional groups attached to an aromatic ring is 1. The van der Waals surface area contributed by atoms with Crippen molar-refractivity contribution in [1.82, 2.24) is 9.97 Å². The van der Waals surface area contributed by atoms with Gasteiger partial charge in [0.25, 0.3) is 0 Å². The molecule has 0 saturated heterocycles. The number of rotatable bonds is 7. The summed E-state index contributed by atoms with van der Waals surface area (Å²) in [5.41, 5.74) is 7.90. The molecule has 1 aromatic carbocycles. The van der Waals surface area contributed by atoms with Crippen molar-refractivity contribution in [3.63, 3.8) is 0 Å². The normalized spacial score (nSPS) is 15.2. The summed E-state index contributed by atoms with van der Waals surface area (Å²) in [5, 5.41) is 10.1. The minimum absolute atomic E-state index is 0.245. The van der Waals surface area contributed by atoms with E-state index in [4.69, 9.17) is 5.73 Å². The van der Waals surface area contributed by atoms with Crippen LogP contribution >= 0.6 is 0 Å². The molecule has 4 heteroatoms. The highest BCUT2D eigenvalue weighted by atomic mass is 16.3. The van der Waals surface area contributed by atoms with Gasteiger partial charge in [-0.1, -0.05) is 44.2 Å². The molecule has 0 aliphatic carbocycles. The van der Waals surface area contributed by atoms with Crippen molar-refractivity contribution in [1.29, 1.82) is 0 Å². The maximum absolute atomic E-state index is 10.1. The lowest BCUT2D eigenvalue weighted by Gasteiger charge is -2.24. The molecule has 0 amide bonds. The second-order valence-electron chi connectivity index (χ2n) is 5.91. The summed E-state index contributed by atoms with van der Waals surface area (Å²) >= 11 is 0. The molecule has 3 atom stereocenters. The fourth-order valence-electron chi connectivity index (χ4n) is 2.85. The summed E-state index contributed by atoms with van der Waals surface area (Å²) in [4.78, 5) is 8.26. The van der Waals surface area contributed by atoms with Crippen LogP contribution in [0, 0.1) is 5.92 Å². The first-order valence-electron chi connectivity index (χ1n) is 7.90. The van der Waals surface area contributed by atoms with E-state index in [9.17, 15) is 5.11 Å². The first kappa shape index (κ1) is 16.4. The summed E-state index contributed by atoms with van der Waals surface area (Å²) in [6, 6.07) is 12.3. The highest BCUT2D eigenvalue weighted by Crippen LogP contribution is 2.29. The Morgan fingerprint density at radius 2 is 1.91 bits per heavy atom. The highest BCUT2D eigenvalue weighted by Gasteiger charge is 2.20. The molecule has 0 bridgehead atoms. The Hall–Kier alpha value is -1.94. The molecule has 0 radical (unpaired) electrons. The molecule has 3 unspecified atom stereocenters. The van der Waals surface area contributed by atoms with Crippen molar-refractivity contribution in [2.45, 2.75) is 45.1 Å². The van der Waals surface area contributed by atoms with Crippen molar-refractivity contribution in [3.8, 4) is 0 Å². The summed E-state index contributed by atoms with van der Waals surface area (Å²) in [6.07, 6.45) is 3.94. The number of anilines is 1. The molecule has 118 valence electrons. The van der Waals surface area contributed by atoms with Crippen molar-refractivity contribution in [2.75, 3.05) is 5.73 Å². The Balaban J connectivity index is 2.18. The van der Waals surface area contributed by atoms with E-state index in [1.807, 2.05) is 19.1 Å². The zero-order valence-corrected chi connectivity index (χ0v) is 13.3. The van der Waals surface area contributed by atoms with Gasteiger partial charge in [0.2, 0.25) is 5.95 Å². The molecule has 2 rings (SSSR count). The molecule has 1 heterocycles. The number of nitrogens with zero attached hydrogens (tertiary/aromatic N) is 2. The summed E-state index contributed by atoms with van der Waals surface area (Å²) in [6.45, 7) is 4.13. The van der Waals surface area contributed by atoms with E-state index in [1.165, 1.54) is 5.56 Å². The molecular formula is C18H25N3O. The lowest BCUT2D eigenvalue weighted by atomic mass is 9.83. The Morgan fingerprint density at radius 3 is 2.55 bits per heavy atom. The third kappa shape index (κ3) is 4.53. The Bertz CT molecular complexity index is 574. The standard InChI is InChI=1S/C18H25N3O/c1-3-17(22)13(2)11-15(14-7-5-4-6-8-14)12-16-9-10-20-18(19)21-16/h4-10,13,15,17,22H,3,11-12H2,1-2H3,(H2,19,20,21). The first-order valence-corrected chi connectivity index (χ1v) is 7.90. The smallest absolute Gasteiger partial charge is 0.220 e. The van der Waals surface area contributed by atoms with Crippen LogP contribution in [0.1, 0.15) is 43.9 Å². The lowest BCUT2D eigenvalue weighted by Crippen LogP contribution is -2.20. The molecule has 2 aromatic rings. The van der Waals surface area contributed by atoms with Crippen molar-refractivity contribution in [2.24, 2.45) is 5.92 Å². The molecule has 0 spiro atoms. The first-order chi connectivity index (χ1) is 10.6. The van der Waals surface area contributed by atoms with Crippen LogP contribution in [0.2, 0.25) is 0 Å². The third-order valence-electron chi connectivity index (χ3n) is 4.19. The Kier molecular flexibility index (Phi) is 5.90. The number of aliphatic hydroxyl groups excluding tert-OH is 1. The van der Waals surface area contributed by atoms with Gasteiger partial charge in [-0.2, -0.15) is 0 Å². The average molecular weight is 299 g/mol. The van der Waals surface area contributed by atoms with E-state index in [-0.39, 0.29) is 12.0 Å². The average Bonchev–Trinajstić information content (AvgIpc) is 2.54. The van der Waals surface area contributed by atoms with Crippen LogP contribution in [0.3, 0.4) is 0 Å². The maximum Gasteiger partial charge on any atom is 0.220 e. The van der Waals surface area contributed by atoms with Crippen LogP contribution in [-0.4, -0.2) is 21.2 Å². The van der Waals surface area contributed by atoms with E-state index >= 15 is 0 Å². The maximum atomic E-state index is 10.1. The van der Waals surface area contributed by atoms with E-state index < -0.39 is 0 Å². The molecule has 0 saturated carbocycles. The Morgan fingerprint density at radius 1 is 1.18 bits per heavy atom. The fraction of sp³-hybridized carbons (Fsp3) is 0.444. The number of aliphatic hydroxyl groups is 1. The molecule has 0 fully saturated rings.